The molecule has 0 unspecified atom stereocenters. The van der Waals surface area contributed by atoms with E-state index in [4.69, 9.17) is 9.97 Å². The predicted molar refractivity (Wildman–Crippen MR) is 121 cm³/mol. The normalized spacial score (nSPS) is 22.3. The first kappa shape index (κ1) is 22.2. The second-order valence-corrected chi connectivity index (χ2v) is 9.86. The molecule has 6 nitrogen and oxygen atoms in total. The molecule has 2 amide bonds. The number of rotatable bonds is 6. The summed E-state index contributed by atoms with van der Waals surface area (Å²) in [6, 6.07) is 0. The van der Waals surface area contributed by atoms with Crippen LogP contribution in [0.5, 0.6) is 0 Å². The van der Waals surface area contributed by atoms with Gasteiger partial charge in [0, 0.05) is 55.5 Å². The fourth-order valence-corrected chi connectivity index (χ4v) is 5.63. The largest absolute Gasteiger partial charge is 0.342 e. The average molecular weight is 427 g/mol. The molecule has 1 aliphatic carbocycles. The van der Waals surface area contributed by atoms with Crippen LogP contribution in [0.1, 0.15) is 92.9 Å². The van der Waals surface area contributed by atoms with E-state index in [0.29, 0.717) is 18.7 Å². The van der Waals surface area contributed by atoms with Crippen LogP contribution in [0.3, 0.4) is 0 Å². The van der Waals surface area contributed by atoms with Crippen molar-refractivity contribution in [3.05, 3.63) is 22.8 Å². The van der Waals surface area contributed by atoms with Gasteiger partial charge in [-0.3, -0.25) is 9.59 Å². The molecule has 2 aliphatic heterocycles. The monoisotopic (exact) mass is 426 g/mol. The molecule has 0 bridgehead atoms. The first-order valence-electron chi connectivity index (χ1n) is 12.4. The summed E-state index contributed by atoms with van der Waals surface area (Å²) in [6.45, 7) is 7.34. The first-order valence-corrected chi connectivity index (χ1v) is 12.4. The number of hydrogen-bond acceptors (Lipinski definition) is 4. The number of hydrogen-bond donors (Lipinski definition) is 0. The molecule has 0 spiro atoms. The molecule has 4 rings (SSSR count). The molecule has 3 fully saturated rings. The molecule has 1 atom stereocenters. The summed E-state index contributed by atoms with van der Waals surface area (Å²) in [7, 11) is 0. The molecule has 170 valence electrons. The number of likely N-dealkylation sites (tertiary alicyclic amines) is 2. The lowest BCUT2D eigenvalue weighted by atomic mass is 9.95. The Morgan fingerprint density at radius 2 is 1.48 bits per heavy atom. The van der Waals surface area contributed by atoms with E-state index in [1.54, 1.807) is 0 Å². The lowest BCUT2D eigenvalue weighted by Gasteiger charge is -2.32. The third-order valence-electron chi connectivity index (χ3n) is 7.61. The molecule has 0 aromatic carbocycles. The van der Waals surface area contributed by atoms with Gasteiger partial charge >= 0.3 is 0 Å². The minimum absolute atomic E-state index is 0.191. The van der Waals surface area contributed by atoms with Crippen molar-refractivity contribution in [3.8, 4) is 0 Å². The van der Waals surface area contributed by atoms with Crippen molar-refractivity contribution in [2.75, 3.05) is 26.2 Å². The zero-order valence-electron chi connectivity index (χ0n) is 19.4. The maximum atomic E-state index is 12.8. The smallest absolute Gasteiger partial charge is 0.227 e. The minimum atomic E-state index is 0.191. The number of aromatic nitrogens is 2. The zero-order valence-corrected chi connectivity index (χ0v) is 19.4. The van der Waals surface area contributed by atoms with Crippen LogP contribution in [0.2, 0.25) is 0 Å². The Morgan fingerprint density at radius 3 is 2.16 bits per heavy atom. The van der Waals surface area contributed by atoms with E-state index >= 15 is 0 Å². The summed E-state index contributed by atoms with van der Waals surface area (Å²) in [5.74, 6) is 2.30. The molecule has 31 heavy (non-hydrogen) atoms. The van der Waals surface area contributed by atoms with Gasteiger partial charge in [0.15, 0.2) is 0 Å². The van der Waals surface area contributed by atoms with Crippen molar-refractivity contribution >= 4 is 11.8 Å². The lowest BCUT2D eigenvalue weighted by molar-refractivity contribution is -0.133. The van der Waals surface area contributed by atoms with Crippen LogP contribution in [0.15, 0.2) is 0 Å². The van der Waals surface area contributed by atoms with Crippen LogP contribution in [0.25, 0.3) is 0 Å². The summed E-state index contributed by atoms with van der Waals surface area (Å²) in [5.41, 5.74) is 2.81. The van der Waals surface area contributed by atoms with E-state index in [-0.39, 0.29) is 11.8 Å². The Hall–Kier alpha value is -1.98. The van der Waals surface area contributed by atoms with Crippen LogP contribution in [-0.2, 0) is 16.0 Å². The van der Waals surface area contributed by atoms with Crippen molar-refractivity contribution in [1.82, 2.24) is 19.8 Å². The van der Waals surface area contributed by atoms with E-state index in [1.807, 2.05) is 23.6 Å². The lowest BCUT2D eigenvalue weighted by Crippen LogP contribution is -2.39. The van der Waals surface area contributed by atoms with Crippen molar-refractivity contribution in [1.29, 1.82) is 0 Å². The molecule has 3 aliphatic rings. The van der Waals surface area contributed by atoms with Crippen LogP contribution in [0, 0.1) is 19.8 Å². The molecule has 6 heteroatoms. The van der Waals surface area contributed by atoms with Crippen molar-refractivity contribution < 1.29 is 9.59 Å². The van der Waals surface area contributed by atoms with E-state index in [2.05, 4.69) is 0 Å². The van der Waals surface area contributed by atoms with Gasteiger partial charge < -0.3 is 9.80 Å². The highest BCUT2D eigenvalue weighted by atomic mass is 16.2. The molecular formula is C25H38N4O2. The van der Waals surface area contributed by atoms with Gasteiger partial charge in [-0.1, -0.05) is 25.7 Å². The van der Waals surface area contributed by atoms with Crippen molar-refractivity contribution in [3.63, 3.8) is 0 Å². The zero-order chi connectivity index (χ0) is 21.8. The Kier molecular flexibility index (Phi) is 7.24. The highest BCUT2D eigenvalue weighted by Crippen LogP contribution is 2.30. The first-order chi connectivity index (χ1) is 15.0. The van der Waals surface area contributed by atoms with Crippen LogP contribution < -0.4 is 0 Å². The molecule has 3 heterocycles. The Morgan fingerprint density at radius 1 is 0.839 bits per heavy atom. The topological polar surface area (TPSA) is 66.4 Å². The predicted octanol–water partition coefficient (Wildman–Crippen LogP) is 3.93. The van der Waals surface area contributed by atoms with Gasteiger partial charge in [0.05, 0.1) is 6.42 Å². The molecule has 1 aromatic heterocycles. The van der Waals surface area contributed by atoms with E-state index < -0.39 is 0 Å². The number of nitrogens with zero attached hydrogens (tertiary/aromatic N) is 4. The van der Waals surface area contributed by atoms with Gasteiger partial charge in [0.2, 0.25) is 11.8 Å². The number of carbonyl (C=O) groups is 2. The quantitative estimate of drug-likeness (QED) is 0.691. The van der Waals surface area contributed by atoms with Crippen LogP contribution >= 0.6 is 0 Å². The SMILES string of the molecule is Cc1nc([C@H]2CCCN(C(=O)CCC3CCCC3)C2)nc(C)c1CC(=O)N1CCCC1. The van der Waals surface area contributed by atoms with Crippen molar-refractivity contribution in [2.24, 2.45) is 5.92 Å². The van der Waals surface area contributed by atoms with E-state index in [1.165, 1.54) is 25.7 Å². The highest BCUT2D eigenvalue weighted by Gasteiger charge is 2.28. The standard InChI is InChI=1S/C25H38N4O2/c1-18-22(16-24(31)28-13-5-6-14-28)19(2)27-25(26-18)21-10-7-15-29(17-21)23(30)12-11-20-8-3-4-9-20/h20-21H,3-17H2,1-2H3/t21-/m0/s1. The second kappa shape index (κ2) is 10.1. The average Bonchev–Trinajstić information content (AvgIpc) is 3.49. The second-order valence-electron chi connectivity index (χ2n) is 9.86. The third kappa shape index (κ3) is 5.45. The van der Waals surface area contributed by atoms with E-state index in [0.717, 1.165) is 87.0 Å². The minimum Gasteiger partial charge on any atom is -0.342 e. The number of aryl methyl sites for hydroxylation is 2. The summed E-state index contributed by atoms with van der Waals surface area (Å²) < 4.78 is 0. The van der Waals surface area contributed by atoms with Crippen LogP contribution in [0.4, 0.5) is 0 Å². The highest BCUT2D eigenvalue weighted by molar-refractivity contribution is 5.79. The van der Waals surface area contributed by atoms with Gasteiger partial charge in [0.1, 0.15) is 5.82 Å². The molecule has 0 radical (unpaired) electrons. The maximum Gasteiger partial charge on any atom is 0.227 e. The Balaban J connectivity index is 1.37. The summed E-state index contributed by atoms with van der Waals surface area (Å²) >= 11 is 0. The van der Waals surface area contributed by atoms with Gasteiger partial charge in [-0.25, -0.2) is 9.97 Å². The third-order valence-corrected chi connectivity index (χ3v) is 7.61. The van der Waals surface area contributed by atoms with Crippen LogP contribution in [-0.4, -0.2) is 57.8 Å². The summed E-state index contributed by atoms with van der Waals surface area (Å²) in [4.78, 5) is 39.1. The summed E-state index contributed by atoms with van der Waals surface area (Å²) in [5, 5.41) is 0. The van der Waals surface area contributed by atoms with Gasteiger partial charge in [-0.2, -0.15) is 0 Å². The Bertz CT molecular complexity index is 774. The van der Waals surface area contributed by atoms with Gasteiger partial charge in [-0.05, 0) is 51.9 Å². The molecule has 1 saturated carbocycles. The fourth-order valence-electron chi connectivity index (χ4n) is 5.63. The molecular weight excluding hydrogens is 388 g/mol. The number of carbonyl (C=O) groups excluding carboxylic acids is 2. The maximum absolute atomic E-state index is 12.8. The number of piperidine rings is 1. The number of amides is 2. The summed E-state index contributed by atoms with van der Waals surface area (Å²) in [6.07, 6.45) is 11.7. The molecule has 0 N–H and O–H groups in total. The van der Waals surface area contributed by atoms with Gasteiger partial charge in [0.25, 0.3) is 0 Å². The fraction of sp³-hybridized carbons (Fsp3) is 0.760. The Labute approximate surface area is 186 Å². The van der Waals surface area contributed by atoms with E-state index in [9.17, 15) is 9.59 Å². The molecule has 1 aromatic rings. The van der Waals surface area contributed by atoms with Gasteiger partial charge in [-0.15, -0.1) is 0 Å². The molecule has 2 saturated heterocycles. The van der Waals surface area contributed by atoms with Crippen molar-refractivity contribution in [2.45, 2.75) is 90.4 Å².